The molecule has 1 aromatic rings. The summed E-state index contributed by atoms with van der Waals surface area (Å²) in [5.41, 5.74) is 1.22. The molecule has 0 saturated carbocycles. The molecule has 0 unspecified atom stereocenters. The zero-order valence-electron chi connectivity index (χ0n) is 10.3. The molecule has 1 heterocycles. The highest BCUT2D eigenvalue weighted by molar-refractivity contribution is 14.0. The lowest BCUT2D eigenvalue weighted by atomic mass is 10.1. The fraction of sp³-hybridized carbons (Fsp3) is 0.462. The van der Waals surface area contributed by atoms with Crippen molar-refractivity contribution in [2.45, 2.75) is 19.3 Å². The Morgan fingerprint density at radius 2 is 2.17 bits per heavy atom. The summed E-state index contributed by atoms with van der Waals surface area (Å²) < 4.78 is 0. The average Bonchev–Trinajstić information content (AvgIpc) is 2.38. The van der Waals surface area contributed by atoms with Crippen molar-refractivity contribution in [3.63, 3.8) is 0 Å². The third-order valence-electron chi connectivity index (χ3n) is 2.77. The van der Waals surface area contributed by atoms with Crippen LogP contribution in [0.1, 0.15) is 18.4 Å². The smallest absolute Gasteiger partial charge is 0.191 e. The summed E-state index contributed by atoms with van der Waals surface area (Å²) in [6.07, 6.45) is 3.19. The predicted octanol–water partition coefficient (Wildman–Crippen LogP) is 2.83. The lowest BCUT2D eigenvalue weighted by Gasteiger charge is -2.15. The number of halogens is 2. The molecule has 100 valence electrons. The van der Waals surface area contributed by atoms with Crippen LogP contribution in [0.4, 0.5) is 0 Å². The monoisotopic (exact) mass is 379 g/mol. The van der Waals surface area contributed by atoms with Crippen LogP contribution >= 0.6 is 35.6 Å². The van der Waals surface area contributed by atoms with Gasteiger partial charge < -0.3 is 10.6 Å². The zero-order valence-corrected chi connectivity index (χ0v) is 13.4. The fourth-order valence-corrected chi connectivity index (χ4v) is 2.07. The second-order valence-electron chi connectivity index (χ2n) is 4.13. The Kier molecular flexibility index (Phi) is 7.42. The molecule has 0 saturated heterocycles. The van der Waals surface area contributed by atoms with Crippen LogP contribution in [0.5, 0.6) is 0 Å². The number of nitrogens with zero attached hydrogens (tertiary/aromatic N) is 1. The van der Waals surface area contributed by atoms with E-state index in [0.29, 0.717) is 0 Å². The van der Waals surface area contributed by atoms with Crippen molar-refractivity contribution in [1.29, 1.82) is 0 Å². The molecular weight excluding hydrogens is 361 g/mol. The maximum atomic E-state index is 6.10. The number of nitrogens with one attached hydrogen (secondary N) is 2. The molecule has 1 aromatic carbocycles. The summed E-state index contributed by atoms with van der Waals surface area (Å²) in [5, 5.41) is 7.41. The van der Waals surface area contributed by atoms with E-state index < -0.39 is 0 Å². The molecule has 0 amide bonds. The van der Waals surface area contributed by atoms with Crippen molar-refractivity contribution in [3.05, 3.63) is 34.9 Å². The van der Waals surface area contributed by atoms with Crippen molar-refractivity contribution in [2.24, 2.45) is 4.99 Å². The molecule has 1 aliphatic heterocycles. The average molecular weight is 380 g/mol. The van der Waals surface area contributed by atoms with E-state index >= 15 is 0 Å². The van der Waals surface area contributed by atoms with E-state index in [1.807, 2.05) is 18.2 Å². The van der Waals surface area contributed by atoms with Gasteiger partial charge in [-0.1, -0.05) is 29.8 Å². The SMILES string of the molecule is Clc1ccccc1CCCNC1=NCCCN1.I. The molecule has 0 atom stereocenters. The molecule has 18 heavy (non-hydrogen) atoms. The van der Waals surface area contributed by atoms with E-state index in [2.05, 4.69) is 21.7 Å². The van der Waals surface area contributed by atoms with Gasteiger partial charge in [0.05, 0.1) is 0 Å². The highest BCUT2D eigenvalue weighted by Crippen LogP contribution is 2.16. The van der Waals surface area contributed by atoms with Crippen molar-refractivity contribution in [2.75, 3.05) is 19.6 Å². The Balaban J connectivity index is 0.00000162. The van der Waals surface area contributed by atoms with Gasteiger partial charge in [0.2, 0.25) is 0 Å². The second-order valence-corrected chi connectivity index (χ2v) is 4.54. The Labute approximate surface area is 130 Å². The Bertz CT molecular complexity index is 396. The van der Waals surface area contributed by atoms with Crippen LogP contribution in [-0.4, -0.2) is 25.6 Å². The summed E-state index contributed by atoms with van der Waals surface area (Å²) in [4.78, 5) is 4.36. The van der Waals surface area contributed by atoms with Crippen LogP contribution in [0, 0.1) is 0 Å². The third-order valence-corrected chi connectivity index (χ3v) is 3.14. The van der Waals surface area contributed by atoms with Crippen LogP contribution in [0.3, 0.4) is 0 Å². The van der Waals surface area contributed by atoms with Gasteiger partial charge in [-0.2, -0.15) is 0 Å². The Morgan fingerprint density at radius 3 is 2.89 bits per heavy atom. The van der Waals surface area contributed by atoms with E-state index in [9.17, 15) is 0 Å². The van der Waals surface area contributed by atoms with Crippen molar-refractivity contribution < 1.29 is 0 Å². The number of rotatable bonds is 4. The lowest BCUT2D eigenvalue weighted by Crippen LogP contribution is -2.41. The second kappa shape index (κ2) is 8.58. The minimum Gasteiger partial charge on any atom is -0.356 e. The van der Waals surface area contributed by atoms with Crippen LogP contribution in [0.2, 0.25) is 5.02 Å². The first-order valence-electron chi connectivity index (χ1n) is 6.12. The minimum absolute atomic E-state index is 0. The number of hydrogen-bond acceptors (Lipinski definition) is 3. The number of aryl methyl sites for hydroxylation is 1. The number of aliphatic imine (C=N–C) groups is 1. The standard InChI is InChI=1S/C13H18ClN3.HI/c14-12-7-2-1-5-11(12)6-3-8-15-13-16-9-4-10-17-13;/h1-2,5,7H,3-4,6,8-10H2,(H2,15,16,17);1H. The van der Waals surface area contributed by atoms with E-state index in [1.54, 1.807) is 0 Å². The van der Waals surface area contributed by atoms with Crippen molar-refractivity contribution >= 4 is 41.5 Å². The summed E-state index contributed by atoms with van der Waals surface area (Å²) >= 11 is 6.10. The molecular formula is C13H19ClIN3. The van der Waals surface area contributed by atoms with Gasteiger partial charge in [-0.25, -0.2) is 0 Å². The molecule has 0 radical (unpaired) electrons. The van der Waals surface area contributed by atoms with E-state index in [1.165, 1.54) is 5.56 Å². The van der Waals surface area contributed by atoms with Gasteiger partial charge in [0, 0.05) is 24.7 Å². The van der Waals surface area contributed by atoms with Gasteiger partial charge in [-0.3, -0.25) is 4.99 Å². The molecule has 0 spiro atoms. The van der Waals surface area contributed by atoms with Gasteiger partial charge in [0.15, 0.2) is 5.96 Å². The lowest BCUT2D eigenvalue weighted by molar-refractivity contribution is 0.686. The molecule has 1 aliphatic rings. The van der Waals surface area contributed by atoms with Crippen molar-refractivity contribution in [1.82, 2.24) is 10.6 Å². The largest absolute Gasteiger partial charge is 0.356 e. The van der Waals surface area contributed by atoms with Crippen LogP contribution < -0.4 is 10.6 Å². The maximum Gasteiger partial charge on any atom is 0.191 e. The number of guanidine groups is 1. The molecule has 0 fully saturated rings. The normalized spacial score (nSPS) is 14.2. The van der Waals surface area contributed by atoms with Crippen LogP contribution in [-0.2, 0) is 6.42 Å². The first kappa shape index (κ1) is 15.6. The predicted molar refractivity (Wildman–Crippen MR) is 88.1 cm³/mol. The van der Waals surface area contributed by atoms with E-state index in [0.717, 1.165) is 49.9 Å². The Morgan fingerprint density at radius 1 is 1.33 bits per heavy atom. The molecule has 0 bridgehead atoms. The summed E-state index contributed by atoms with van der Waals surface area (Å²) in [5.74, 6) is 0.940. The molecule has 0 aliphatic carbocycles. The Hall–Kier alpha value is -0.490. The minimum atomic E-state index is 0. The van der Waals surface area contributed by atoms with Gasteiger partial charge in [0.1, 0.15) is 0 Å². The molecule has 2 rings (SSSR count). The molecule has 3 nitrogen and oxygen atoms in total. The zero-order chi connectivity index (χ0) is 11.9. The van der Waals surface area contributed by atoms with Gasteiger partial charge in [-0.05, 0) is 30.9 Å². The highest BCUT2D eigenvalue weighted by Gasteiger charge is 2.03. The maximum absolute atomic E-state index is 6.10. The summed E-state index contributed by atoms with van der Waals surface area (Å²) in [6, 6.07) is 8.02. The number of hydrogen-bond donors (Lipinski definition) is 2. The van der Waals surface area contributed by atoms with E-state index in [-0.39, 0.29) is 24.0 Å². The van der Waals surface area contributed by atoms with Crippen molar-refractivity contribution in [3.8, 4) is 0 Å². The molecule has 5 heteroatoms. The highest BCUT2D eigenvalue weighted by atomic mass is 127. The quantitative estimate of drug-likeness (QED) is 0.623. The van der Waals surface area contributed by atoms with Crippen LogP contribution in [0.15, 0.2) is 29.3 Å². The first-order chi connectivity index (χ1) is 8.36. The van der Waals surface area contributed by atoms with Gasteiger partial charge in [-0.15, -0.1) is 24.0 Å². The van der Waals surface area contributed by atoms with Crippen LogP contribution in [0.25, 0.3) is 0 Å². The summed E-state index contributed by atoms with van der Waals surface area (Å²) in [6.45, 7) is 2.88. The fourth-order valence-electron chi connectivity index (χ4n) is 1.84. The van der Waals surface area contributed by atoms with Gasteiger partial charge in [0.25, 0.3) is 0 Å². The molecule has 2 N–H and O–H groups in total. The third kappa shape index (κ3) is 5.02. The molecule has 0 aromatic heterocycles. The number of benzene rings is 1. The van der Waals surface area contributed by atoms with E-state index in [4.69, 9.17) is 11.6 Å². The summed E-state index contributed by atoms with van der Waals surface area (Å²) in [7, 11) is 0. The first-order valence-corrected chi connectivity index (χ1v) is 6.49. The topological polar surface area (TPSA) is 36.4 Å². The van der Waals surface area contributed by atoms with Gasteiger partial charge >= 0.3 is 0 Å².